The second-order valence-corrected chi connectivity index (χ2v) is 6.81. The maximum absolute atomic E-state index is 9.13. The summed E-state index contributed by atoms with van der Waals surface area (Å²) in [6, 6.07) is 7.91. The highest BCUT2D eigenvalue weighted by Crippen LogP contribution is 2.33. The lowest BCUT2D eigenvalue weighted by atomic mass is 10.1. The minimum Gasteiger partial charge on any atom is -0.457 e. The van der Waals surface area contributed by atoms with Crippen LogP contribution >= 0.6 is 0 Å². The highest BCUT2D eigenvalue weighted by atomic mass is 16.5. The van der Waals surface area contributed by atoms with Crippen molar-refractivity contribution < 1.29 is 9.15 Å². The Hall–Kier alpha value is -3.11. The zero-order valence-corrected chi connectivity index (χ0v) is 15.4. The molecule has 0 unspecified atom stereocenters. The number of piperidine rings is 1. The molecule has 3 heterocycles. The molecule has 2 N–H and O–H groups in total. The van der Waals surface area contributed by atoms with Gasteiger partial charge in [0.05, 0.1) is 17.9 Å². The number of nitrogens with one attached hydrogen (secondary N) is 2. The first kappa shape index (κ1) is 17.3. The quantitative estimate of drug-likeness (QED) is 0.730. The standard InChI is InChI=1S/C20H21N5O2/c1-12-9-14(11-21)10-13(2)17(12)27-19-18-16(5-8-26-18)24-20(25-19)23-15-3-6-22-7-4-15/h5,8-10,15,22H,3-4,6-7H2,1-2H3,(H,23,24,25). The lowest BCUT2D eigenvalue weighted by Gasteiger charge is -2.23. The average Bonchev–Trinajstić information content (AvgIpc) is 3.14. The van der Waals surface area contributed by atoms with E-state index in [1.54, 1.807) is 24.5 Å². The molecule has 0 bridgehead atoms. The smallest absolute Gasteiger partial charge is 0.268 e. The van der Waals surface area contributed by atoms with E-state index in [1.807, 2.05) is 13.8 Å². The third-order valence-electron chi connectivity index (χ3n) is 4.73. The fourth-order valence-electron chi connectivity index (χ4n) is 3.39. The normalized spacial score (nSPS) is 14.9. The van der Waals surface area contributed by atoms with Gasteiger partial charge in [-0.3, -0.25) is 0 Å². The summed E-state index contributed by atoms with van der Waals surface area (Å²) >= 11 is 0. The average molecular weight is 363 g/mol. The molecule has 1 saturated heterocycles. The van der Waals surface area contributed by atoms with Crippen LogP contribution in [0.5, 0.6) is 11.6 Å². The van der Waals surface area contributed by atoms with Gasteiger partial charge >= 0.3 is 0 Å². The van der Waals surface area contributed by atoms with E-state index in [9.17, 15) is 0 Å². The minimum atomic E-state index is 0.335. The number of benzene rings is 1. The van der Waals surface area contributed by atoms with Crippen molar-refractivity contribution in [3.05, 3.63) is 41.2 Å². The van der Waals surface area contributed by atoms with Crippen LogP contribution in [0.2, 0.25) is 0 Å². The Morgan fingerprint density at radius 2 is 1.96 bits per heavy atom. The molecule has 3 aromatic rings. The summed E-state index contributed by atoms with van der Waals surface area (Å²) in [5.41, 5.74) is 3.56. The lowest BCUT2D eigenvalue weighted by molar-refractivity contribution is 0.445. The number of rotatable bonds is 4. The Morgan fingerprint density at radius 3 is 2.67 bits per heavy atom. The molecule has 4 rings (SSSR count). The van der Waals surface area contributed by atoms with Crippen LogP contribution in [0.4, 0.5) is 5.95 Å². The molecule has 138 valence electrons. The molecule has 1 aliphatic heterocycles. The second kappa shape index (κ2) is 7.25. The first-order valence-electron chi connectivity index (χ1n) is 9.06. The maximum atomic E-state index is 9.13. The maximum Gasteiger partial charge on any atom is 0.268 e. The summed E-state index contributed by atoms with van der Waals surface area (Å²) in [5.74, 6) is 1.59. The molecular formula is C20H21N5O2. The number of nitrogens with zero attached hydrogens (tertiary/aromatic N) is 3. The van der Waals surface area contributed by atoms with Crippen LogP contribution < -0.4 is 15.4 Å². The summed E-state index contributed by atoms with van der Waals surface area (Å²) < 4.78 is 11.7. The monoisotopic (exact) mass is 363 g/mol. The van der Waals surface area contributed by atoms with E-state index >= 15 is 0 Å². The van der Waals surface area contributed by atoms with E-state index in [0.29, 0.717) is 40.3 Å². The molecule has 1 aliphatic rings. The van der Waals surface area contributed by atoms with Crippen LogP contribution in [0, 0.1) is 25.2 Å². The summed E-state index contributed by atoms with van der Waals surface area (Å²) in [4.78, 5) is 9.11. The number of fused-ring (bicyclic) bond motifs is 1. The fraction of sp³-hybridized carbons (Fsp3) is 0.350. The summed E-state index contributed by atoms with van der Waals surface area (Å²) in [5, 5.41) is 15.9. The zero-order chi connectivity index (χ0) is 18.8. The van der Waals surface area contributed by atoms with Crippen molar-refractivity contribution in [3.63, 3.8) is 0 Å². The van der Waals surface area contributed by atoms with Gasteiger partial charge in [0.25, 0.3) is 5.88 Å². The molecule has 0 spiro atoms. The molecule has 1 aromatic carbocycles. The lowest BCUT2D eigenvalue weighted by Crippen LogP contribution is -2.35. The van der Waals surface area contributed by atoms with Crippen LogP contribution in [-0.4, -0.2) is 29.1 Å². The van der Waals surface area contributed by atoms with Crippen molar-refractivity contribution in [3.8, 4) is 17.7 Å². The molecule has 7 nitrogen and oxygen atoms in total. The fourth-order valence-corrected chi connectivity index (χ4v) is 3.39. The number of aromatic nitrogens is 2. The second-order valence-electron chi connectivity index (χ2n) is 6.81. The first-order valence-corrected chi connectivity index (χ1v) is 9.06. The van der Waals surface area contributed by atoms with Crippen LogP contribution in [0.25, 0.3) is 11.1 Å². The molecule has 0 radical (unpaired) electrons. The number of nitriles is 1. The number of anilines is 1. The highest BCUT2D eigenvalue weighted by Gasteiger charge is 2.19. The van der Waals surface area contributed by atoms with Crippen LogP contribution in [0.15, 0.2) is 28.9 Å². The third kappa shape index (κ3) is 3.57. The number of ether oxygens (including phenoxy) is 1. The van der Waals surface area contributed by atoms with Gasteiger partial charge in [-0.1, -0.05) is 0 Å². The SMILES string of the molecule is Cc1cc(C#N)cc(C)c1Oc1nc(NC2CCNCC2)nc2ccoc12. The number of hydrogen-bond donors (Lipinski definition) is 2. The van der Waals surface area contributed by atoms with E-state index in [4.69, 9.17) is 14.4 Å². The van der Waals surface area contributed by atoms with Crippen molar-refractivity contribution in [1.82, 2.24) is 15.3 Å². The summed E-state index contributed by atoms with van der Waals surface area (Å²) in [6.45, 7) is 5.80. The molecule has 0 amide bonds. The van der Waals surface area contributed by atoms with E-state index in [-0.39, 0.29) is 0 Å². The largest absolute Gasteiger partial charge is 0.457 e. The molecule has 27 heavy (non-hydrogen) atoms. The van der Waals surface area contributed by atoms with Crippen molar-refractivity contribution in [1.29, 1.82) is 5.26 Å². The van der Waals surface area contributed by atoms with Crippen molar-refractivity contribution in [2.45, 2.75) is 32.7 Å². The topological polar surface area (TPSA) is 96.0 Å². The van der Waals surface area contributed by atoms with Gasteiger partial charge in [0.2, 0.25) is 11.5 Å². The predicted octanol–water partition coefficient (Wildman–Crippen LogP) is 3.67. The molecule has 0 saturated carbocycles. The highest BCUT2D eigenvalue weighted by molar-refractivity contribution is 5.79. The van der Waals surface area contributed by atoms with Gasteiger partial charge in [-0.15, -0.1) is 0 Å². The molecular weight excluding hydrogens is 342 g/mol. The van der Waals surface area contributed by atoms with Crippen molar-refractivity contribution in [2.24, 2.45) is 0 Å². The number of hydrogen-bond acceptors (Lipinski definition) is 7. The minimum absolute atomic E-state index is 0.335. The van der Waals surface area contributed by atoms with Crippen LogP contribution in [0.1, 0.15) is 29.5 Å². The Bertz CT molecular complexity index is 992. The summed E-state index contributed by atoms with van der Waals surface area (Å²) in [7, 11) is 0. The molecule has 2 aromatic heterocycles. The Kier molecular flexibility index (Phi) is 4.65. The number of aryl methyl sites for hydroxylation is 2. The number of furan rings is 1. The zero-order valence-electron chi connectivity index (χ0n) is 15.4. The van der Waals surface area contributed by atoms with Gasteiger partial charge in [-0.25, -0.2) is 4.98 Å². The Labute approximate surface area is 157 Å². The molecule has 0 atom stereocenters. The van der Waals surface area contributed by atoms with Gasteiger partial charge in [0.15, 0.2) is 0 Å². The molecule has 0 aliphatic carbocycles. The van der Waals surface area contributed by atoms with Crippen LogP contribution in [-0.2, 0) is 0 Å². The third-order valence-corrected chi connectivity index (χ3v) is 4.73. The van der Waals surface area contributed by atoms with Crippen LogP contribution in [0.3, 0.4) is 0 Å². The van der Waals surface area contributed by atoms with Gasteiger partial charge in [-0.2, -0.15) is 10.2 Å². The van der Waals surface area contributed by atoms with Crippen molar-refractivity contribution in [2.75, 3.05) is 18.4 Å². The van der Waals surface area contributed by atoms with Gasteiger partial charge < -0.3 is 19.8 Å². The van der Waals surface area contributed by atoms with Crippen molar-refractivity contribution >= 4 is 17.0 Å². The van der Waals surface area contributed by atoms with Gasteiger partial charge in [0.1, 0.15) is 11.3 Å². The van der Waals surface area contributed by atoms with E-state index in [1.165, 1.54) is 0 Å². The van der Waals surface area contributed by atoms with E-state index in [2.05, 4.69) is 26.7 Å². The summed E-state index contributed by atoms with van der Waals surface area (Å²) in [6.07, 6.45) is 3.63. The Balaban J connectivity index is 1.69. The first-order chi connectivity index (χ1) is 13.1. The van der Waals surface area contributed by atoms with E-state index < -0.39 is 0 Å². The predicted molar refractivity (Wildman–Crippen MR) is 102 cm³/mol. The van der Waals surface area contributed by atoms with E-state index in [0.717, 1.165) is 37.1 Å². The Morgan fingerprint density at radius 1 is 1.22 bits per heavy atom. The van der Waals surface area contributed by atoms with Gasteiger partial charge in [0, 0.05) is 12.1 Å². The molecule has 1 fully saturated rings. The molecule has 7 heteroatoms. The van der Waals surface area contributed by atoms with Gasteiger partial charge in [-0.05, 0) is 63.0 Å².